The minimum Gasteiger partial charge on any atom is -0.338 e. The third kappa shape index (κ3) is 4.63. The first-order chi connectivity index (χ1) is 14.7. The van der Waals surface area contributed by atoms with Gasteiger partial charge in [0.15, 0.2) is 17.0 Å². The van der Waals surface area contributed by atoms with E-state index < -0.39 is 16.5 Å². The zero-order chi connectivity index (χ0) is 22.2. The molecule has 0 bridgehead atoms. The van der Waals surface area contributed by atoms with Gasteiger partial charge in [-0.2, -0.15) is 9.97 Å². The van der Waals surface area contributed by atoms with Gasteiger partial charge in [-0.25, -0.2) is 17.8 Å². The summed E-state index contributed by atoms with van der Waals surface area (Å²) in [5, 5.41) is 3.66. The molecule has 0 radical (unpaired) electrons. The number of imidazole rings is 1. The molecule has 0 saturated carbocycles. The number of fused-ring (bicyclic) bond motifs is 1. The van der Waals surface area contributed by atoms with Crippen LogP contribution in [0.15, 0.2) is 47.6 Å². The van der Waals surface area contributed by atoms with Gasteiger partial charge in [-0.3, -0.25) is 0 Å². The number of hydrogen-bond acceptors (Lipinski definition) is 6. The third-order valence-corrected chi connectivity index (χ3v) is 6.04. The van der Waals surface area contributed by atoms with Gasteiger partial charge in [-0.05, 0) is 35.4 Å². The molecular weight excluding hydrogens is 464 g/mol. The molecule has 0 spiro atoms. The van der Waals surface area contributed by atoms with E-state index in [0.29, 0.717) is 38.2 Å². The number of anilines is 2. The summed E-state index contributed by atoms with van der Waals surface area (Å²) in [6.07, 6.45) is 1.31. The van der Waals surface area contributed by atoms with Gasteiger partial charge in [0.1, 0.15) is 12.5 Å². The van der Waals surface area contributed by atoms with Gasteiger partial charge in [0, 0.05) is 28.4 Å². The first kappa shape index (κ1) is 21.5. The molecule has 0 aliphatic rings. The lowest BCUT2D eigenvalue weighted by molar-refractivity contribution is 0.485. The molecule has 0 fully saturated rings. The average Bonchev–Trinajstić information content (AvgIpc) is 3.14. The van der Waals surface area contributed by atoms with E-state index in [4.69, 9.17) is 23.2 Å². The predicted molar refractivity (Wildman–Crippen MR) is 119 cm³/mol. The Hall–Kier alpha value is -2.75. The largest absolute Gasteiger partial charge is 0.338 e. The highest BCUT2D eigenvalue weighted by Gasteiger charge is 2.19. The van der Waals surface area contributed by atoms with E-state index in [1.807, 2.05) is 0 Å². The van der Waals surface area contributed by atoms with Crippen molar-refractivity contribution in [2.24, 2.45) is 0 Å². The third-order valence-electron chi connectivity index (χ3n) is 4.48. The number of rotatable bonds is 6. The number of nitrogens with zero attached hydrogens (tertiary/aromatic N) is 3. The van der Waals surface area contributed by atoms with Crippen LogP contribution in [-0.2, 0) is 22.9 Å². The van der Waals surface area contributed by atoms with E-state index in [0.717, 1.165) is 6.26 Å². The second kappa shape index (κ2) is 8.41. The first-order valence-corrected chi connectivity index (χ1v) is 11.7. The van der Waals surface area contributed by atoms with Crippen LogP contribution in [-0.4, -0.2) is 34.6 Å². The summed E-state index contributed by atoms with van der Waals surface area (Å²) in [5.74, 6) is 0.687. The molecule has 0 aliphatic heterocycles. The molecule has 4 rings (SSSR count). The van der Waals surface area contributed by atoms with Crippen molar-refractivity contribution in [2.75, 3.05) is 11.6 Å². The number of benzene rings is 2. The summed E-state index contributed by atoms with van der Waals surface area (Å²) < 4.78 is 37.0. The molecule has 2 aromatic carbocycles. The molecule has 11 heteroatoms. The van der Waals surface area contributed by atoms with Crippen molar-refractivity contribution in [3.63, 3.8) is 0 Å². The summed E-state index contributed by atoms with van der Waals surface area (Å²) in [7, 11) is -3.68. The second-order valence-electron chi connectivity index (χ2n) is 6.84. The maximum Gasteiger partial charge on any atom is 0.250 e. The van der Waals surface area contributed by atoms with Gasteiger partial charge < -0.3 is 10.3 Å². The van der Waals surface area contributed by atoms with Gasteiger partial charge in [0.25, 0.3) is 5.16 Å². The number of halogens is 3. The highest BCUT2D eigenvalue weighted by atomic mass is 35.5. The predicted octanol–water partition coefficient (Wildman–Crippen LogP) is 4.87. The van der Waals surface area contributed by atoms with Crippen molar-refractivity contribution in [3.8, 4) is 0 Å². The maximum absolute atomic E-state index is 12.8. The van der Waals surface area contributed by atoms with E-state index in [1.165, 1.54) is 0 Å². The molecule has 2 heterocycles. The lowest BCUT2D eigenvalue weighted by Gasteiger charge is -2.08. The highest BCUT2D eigenvalue weighted by Crippen LogP contribution is 2.28. The number of nitrogens with one attached hydrogen (secondary N) is 2. The minimum atomic E-state index is -3.68. The van der Waals surface area contributed by atoms with Crippen LogP contribution in [0.5, 0.6) is 0 Å². The molecule has 31 heavy (non-hydrogen) atoms. The van der Waals surface area contributed by atoms with Gasteiger partial charge >= 0.3 is 0 Å². The van der Waals surface area contributed by atoms with E-state index in [-0.39, 0.29) is 23.0 Å². The van der Waals surface area contributed by atoms with Gasteiger partial charge in [-0.1, -0.05) is 41.4 Å². The quantitative estimate of drug-likeness (QED) is 0.382. The van der Waals surface area contributed by atoms with Crippen LogP contribution in [0.2, 0.25) is 10.0 Å². The van der Waals surface area contributed by atoms with E-state index in [1.54, 1.807) is 42.5 Å². The highest BCUT2D eigenvalue weighted by molar-refractivity contribution is 7.90. The molecule has 0 atom stereocenters. The Kier molecular flexibility index (Phi) is 5.83. The Morgan fingerprint density at radius 2 is 1.71 bits per heavy atom. The zero-order valence-corrected chi connectivity index (χ0v) is 18.5. The molecule has 0 aliphatic carbocycles. The van der Waals surface area contributed by atoms with E-state index >= 15 is 0 Å². The van der Waals surface area contributed by atoms with Gasteiger partial charge in [0.2, 0.25) is 9.84 Å². The van der Waals surface area contributed by atoms with Crippen LogP contribution in [0.1, 0.15) is 17.0 Å². The Bertz CT molecular complexity index is 1350. The molecule has 0 unspecified atom stereocenters. The Morgan fingerprint density at radius 1 is 1.03 bits per heavy atom. The van der Waals surface area contributed by atoms with Crippen LogP contribution in [0.25, 0.3) is 11.2 Å². The molecule has 7 nitrogen and oxygen atoms in total. The monoisotopic (exact) mass is 479 g/mol. The van der Waals surface area contributed by atoms with Crippen molar-refractivity contribution in [1.29, 1.82) is 0 Å². The second-order valence-corrected chi connectivity index (χ2v) is 9.56. The molecule has 0 saturated heterocycles. The summed E-state index contributed by atoms with van der Waals surface area (Å²) >= 11 is 12.5. The van der Waals surface area contributed by atoms with Crippen molar-refractivity contribution in [1.82, 2.24) is 19.9 Å². The Labute approximate surface area is 187 Å². The average molecular weight is 480 g/mol. The number of aromatic amines is 1. The molecule has 160 valence electrons. The van der Waals surface area contributed by atoms with E-state index in [9.17, 15) is 12.8 Å². The zero-order valence-electron chi connectivity index (χ0n) is 16.2. The molecule has 2 aromatic heterocycles. The minimum absolute atomic E-state index is 0.200. The number of H-pyrrole nitrogens is 1. The van der Waals surface area contributed by atoms with Crippen molar-refractivity contribution >= 4 is 55.7 Å². The van der Waals surface area contributed by atoms with Crippen LogP contribution in [0.4, 0.5) is 15.9 Å². The van der Waals surface area contributed by atoms with Crippen LogP contribution >= 0.6 is 23.2 Å². The van der Waals surface area contributed by atoms with Crippen molar-refractivity contribution in [3.05, 3.63) is 69.5 Å². The maximum atomic E-state index is 12.8. The molecular formula is C20H16Cl2FN5O2S. The van der Waals surface area contributed by atoms with Crippen molar-refractivity contribution in [2.45, 2.75) is 18.3 Å². The molecule has 0 amide bonds. The Balaban J connectivity index is 1.79. The number of aromatic nitrogens is 4. The molecule has 2 N–H and O–H groups in total. The van der Waals surface area contributed by atoms with Crippen LogP contribution < -0.4 is 5.32 Å². The SMILES string of the molecule is CS(=O)(=O)c1nc(Nc2ccc(CF)cc2)c2nc(Cc3c(Cl)cccc3Cl)[nH]c2n1. The summed E-state index contributed by atoms with van der Waals surface area (Å²) in [6, 6.07) is 11.8. The van der Waals surface area contributed by atoms with Crippen LogP contribution in [0, 0.1) is 0 Å². The lowest BCUT2D eigenvalue weighted by Crippen LogP contribution is -2.07. The number of sulfone groups is 1. The fourth-order valence-electron chi connectivity index (χ4n) is 2.95. The number of alkyl halides is 1. The normalized spacial score (nSPS) is 11.7. The topological polar surface area (TPSA) is 101 Å². The van der Waals surface area contributed by atoms with Crippen molar-refractivity contribution < 1.29 is 12.8 Å². The fraction of sp³-hybridized carbons (Fsp3) is 0.150. The van der Waals surface area contributed by atoms with Gasteiger partial charge in [-0.15, -0.1) is 0 Å². The van der Waals surface area contributed by atoms with E-state index in [2.05, 4.69) is 25.3 Å². The number of hydrogen-bond donors (Lipinski definition) is 2. The molecule has 4 aromatic rings. The smallest absolute Gasteiger partial charge is 0.250 e. The standard InChI is InChI=1S/C20H16Cl2FN5O2S/c1-31(29,30)20-27-18(24-12-7-5-11(10-23)6-8-12)17-19(28-20)26-16(25-17)9-13-14(21)3-2-4-15(13)22/h2-8H,9-10H2,1H3,(H2,24,25,26,27,28). The fourth-order valence-corrected chi connectivity index (χ4v) is 3.99. The summed E-state index contributed by atoms with van der Waals surface area (Å²) in [4.78, 5) is 15.8. The van der Waals surface area contributed by atoms with Crippen LogP contribution in [0.3, 0.4) is 0 Å². The Morgan fingerprint density at radius 3 is 2.32 bits per heavy atom. The summed E-state index contributed by atoms with van der Waals surface area (Å²) in [6.45, 7) is -0.580. The van der Waals surface area contributed by atoms with Gasteiger partial charge in [0.05, 0.1) is 0 Å². The lowest BCUT2D eigenvalue weighted by atomic mass is 10.1. The first-order valence-electron chi connectivity index (χ1n) is 9.06. The summed E-state index contributed by atoms with van der Waals surface area (Å²) in [5.41, 5.74) is 2.39.